The summed E-state index contributed by atoms with van der Waals surface area (Å²) in [6.07, 6.45) is 0.0918. The standard InChI is InChI=1S/C29H27NO6/c1-4-36-22-15-11-20(12-16-22)27(32)25-26(23-8-6-5-7-18(23)2)30(29(34)28(25)33)21-13-9-19(10-14-21)17-24(31)35-3/h5-16,26,32H,4,17H2,1-3H3/b27-25-. The van der Waals surface area contributed by atoms with Crippen LogP contribution in [0.25, 0.3) is 5.76 Å². The molecule has 1 aliphatic rings. The summed E-state index contributed by atoms with van der Waals surface area (Å²) < 4.78 is 10.2. The Bertz CT molecular complexity index is 1320. The summed E-state index contributed by atoms with van der Waals surface area (Å²) in [5, 5.41) is 11.3. The van der Waals surface area contributed by atoms with Crippen molar-refractivity contribution in [3.8, 4) is 5.75 Å². The van der Waals surface area contributed by atoms with Gasteiger partial charge in [0.25, 0.3) is 11.7 Å². The maximum absolute atomic E-state index is 13.3. The summed E-state index contributed by atoms with van der Waals surface area (Å²) in [4.78, 5) is 39.7. The summed E-state index contributed by atoms with van der Waals surface area (Å²) >= 11 is 0. The van der Waals surface area contributed by atoms with Crippen LogP contribution in [0, 0.1) is 6.92 Å². The van der Waals surface area contributed by atoms with Gasteiger partial charge in [-0.05, 0) is 66.9 Å². The Kier molecular flexibility index (Phi) is 7.20. The molecule has 1 fully saturated rings. The molecule has 36 heavy (non-hydrogen) atoms. The molecule has 1 atom stereocenters. The van der Waals surface area contributed by atoms with E-state index in [1.165, 1.54) is 12.0 Å². The number of rotatable bonds is 7. The van der Waals surface area contributed by atoms with E-state index in [9.17, 15) is 19.5 Å². The summed E-state index contributed by atoms with van der Waals surface area (Å²) in [5.74, 6) is -1.50. The van der Waals surface area contributed by atoms with E-state index in [-0.39, 0.29) is 23.7 Å². The number of ketones is 1. The van der Waals surface area contributed by atoms with Crippen molar-refractivity contribution in [2.24, 2.45) is 0 Å². The molecule has 0 aliphatic carbocycles. The van der Waals surface area contributed by atoms with Crippen LogP contribution < -0.4 is 9.64 Å². The van der Waals surface area contributed by atoms with E-state index in [1.54, 1.807) is 48.5 Å². The fourth-order valence-corrected chi connectivity index (χ4v) is 4.33. The van der Waals surface area contributed by atoms with Gasteiger partial charge in [0, 0.05) is 11.3 Å². The quantitative estimate of drug-likeness (QED) is 0.225. The largest absolute Gasteiger partial charge is 0.507 e. The third kappa shape index (κ3) is 4.73. The van der Waals surface area contributed by atoms with Crippen molar-refractivity contribution in [3.05, 3.63) is 101 Å². The van der Waals surface area contributed by atoms with Crippen LogP contribution in [-0.4, -0.2) is 36.5 Å². The molecule has 0 aromatic heterocycles. The number of carbonyl (C=O) groups excluding carboxylic acids is 3. The molecule has 3 aromatic carbocycles. The van der Waals surface area contributed by atoms with Gasteiger partial charge in [0.1, 0.15) is 11.5 Å². The summed E-state index contributed by atoms with van der Waals surface area (Å²) in [6, 6.07) is 20.1. The normalized spacial score (nSPS) is 16.8. The van der Waals surface area contributed by atoms with Crippen LogP contribution >= 0.6 is 0 Å². The van der Waals surface area contributed by atoms with Crippen LogP contribution in [0.4, 0.5) is 5.69 Å². The lowest BCUT2D eigenvalue weighted by Crippen LogP contribution is -2.29. The highest BCUT2D eigenvalue weighted by Gasteiger charge is 2.47. The van der Waals surface area contributed by atoms with Gasteiger partial charge in [0.05, 0.1) is 31.8 Å². The van der Waals surface area contributed by atoms with Crippen molar-refractivity contribution in [3.63, 3.8) is 0 Å². The van der Waals surface area contributed by atoms with Crippen molar-refractivity contribution < 1.29 is 29.0 Å². The van der Waals surface area contributed by atoms with Gasteiger partial charge in [0.2, 0.25) is 0 Å². The van der Waals surface area contributed by atoms with E-state index in [1.807, 2.05) is 38.1 Å². The molecule has 3 aromatic rings. The average molecular weight is 486 g/mol. The Hall–Kier alpha value is -4.39. The summed E-state index contributed by atoms with van der Waals surface area (Å²) in [5.41, 5.74) is 3.20. The molecule has 1 heterocycles. The predicted molar refractivity (Wildman–Crippen MR) is 136 cm³/mol. The highest BCUT2D eigenvalue weighted by molar-refractivity contribution is 6.51. The number of esters is 1. The van der Waals surface area contributed by atoms with Crippen LogP contribution in [0.3, 0.4) is 0 Å². The number of nitrogens with zero attached hydrogens (tertiary/aromatic N) is 1. The molecular weight excluding hydrogens is 458 g/mol. The Balaban J connectivity index is 1.83. The zero-order valence-electron chi connectivity index (χ0n) is 20.4. The Morgan fingerprint density at radius 2 is 1.64 bits per heavy atom. The molecule has 1 unspecified atom stereocenters. The first-order valence-electron chi connectivity index (χ1n) is 11.6. The molecule has 1 amide bonds. The zero-order chi connectivity index (χ0) is 25.8. The number of anilines is 1. The topological polar surface area (TPSA) is 93.1 Å². The second-order valence-corrected chi connectivity index (χ2v) is 8.40. The number of aliphatic hydroxyl groups excluding tert-OH is 1. The van der Waals surface area contributed by atoms with Gasteiger partial charge in [-0.25, -0.2) is 0 Å². The lowest BCUT2D eigenvalue weighted by molar-refractivity contribution is -0.139. The first-order chi connectivity index (χ1) is 17.3. The Labute approximate surface area is 209 Å². The van der Waals surface area contributed by atoms with Crippen LogP contribution in [0.15, 0.2) is 78.4 Å². The molecule has 0 spiro atoms. The summed E-state index contributed by atoms with van der Waals surface area (Å²) in [6.45, 7) is 4.27. The van der Waals surface area contributed by atoms with Crippen LogP contribution in [0.2, 0.25) is 0 Å². The highest BCUT2D eigenvalue weighted by atomic mass is 16.5. The van der Waals surface area contributed by atoms with Gasteiger partial charge in [-0.3, -0.25) is 19.3 Å². The monoisotopic (exact) mass is 485 g/mol. The molecule has 1 aliphatic heterocycles. The Morgan fingerprint density at radius 3 is 2.25 bits per heavy atom. The molecule has 0 bridgehead atoms. The van der Waals surface area contributed by atoms with Crippen LogP contribution in [0.1, 0.15) is 35.2 Å². The Morgan fingerprint density at radius 1 is 0.972 bits per heavy atom. The molecule has 0 radical (unpaired) electrons. The lowest BCUT2D eigenvalue weighted by Gasteiger charge is -2.26. The number of Topliss-reactive ketones (excluding diaryl/α,β-unsaturated/α-hetero) is 1. The van der Waals surface area contributed by atoms with E-state index >= 15 is 0 Å². The van der Waals surface area contributed by atoms with E-state index in [0.717, 1.165) is 11.1 Å². The fourth-order valence-electron chi connectivity index (χ4n) is 4.33. The summed E-state index contributed by atoms with van der Waals surface area (Å²) in [7, 11) is 1.32. The van der Waals surface area contributed by atoms with Crippen molar-refractivity contribution in [1.82, 2.24) is 0 Å². The number of hydrogen-bond donors (Lipinski definition) is 1. The molecule has 184 valence electrons. The predicted octanol–water partition coefficient (Wildman–Crippen LogP) is 4.74. The van der Waals surface area contributed by atoms with Crippen LogP contribution in [-0.2, 0) is 25.5 Å². The number of hydrogen-bond acceptors (Lipinski definition) is 6. The highest BCUT2D eigenvalue weighted by Crippen LogP contribution is 2.43. The number of carbonyl (C=O) groups is 3. The maximum Gasteiger partial charge on any atom is 0.309 e. The van der Waals surface area contributed by atoms with Gasteiger partial charge in [-0.1, -0.05) is 36.4 Å². The minimum atomic E-state index is -0.829. The second-order valence-electron chi connectivity index (χ2n) is 8.40. The fraction of sp³-hybridized carbons (Fsp3) is 0.207. The maximum atomic E-state index is 13.3. The van der Waals surface area contributed by atoms with E-state index in [2.05, 4.69) is 0 Å². The van der Waals surface area contributed by atoms with Gasteiger partial charge in [0.15, 0.2) is 0 Å². The van der Waals surface area contributed by atoms with Crippen LogP contribution in [0.5, 0.6) is 5.75 Å². The van der Waals surface area contributed by atoms with E-state index < -0.39 is 17.7 Å². The zero-order valence-corrected chi connectivity index (χ0v) is 20.4. The number of aliphatic hydroxyl groups is 1. The van der Waals surface area contributed by atoms with Crippen molar-refractivity contribution in [2.45, 2.75) is 26.3 Å². The third-order valence-corrected chi connectivity index (χ3v) is 6.16. The molecule has 7 heteroatoms. The number of methoxy groups -OCH3 is 1. The molecule has 0 saturated carbocycles. The van der Waals surface area contributed by atoms with Gasteiger partial charge in [-0.2, -0.15) is 0 Å². The molecule has 7 nitrogen and oxygen atoms in total. The van der Waals surface area contributed by atoms with Crippen molar-refractivity contribution in [1.29, 1.82) is 0 Å². The molecular formula is C29H27NO6. The van der Waals surface area contributed by atoms with E-state index in [4.69, 9.17) is 9.47 Å². The van der Waals surface area contributed by atoms with Crippen molar-refractivity contribution in [2.75, 3.05) is 18.6 Å². The van der Waals surface area contributed by atoms with Gasteiger partial charge in [-0.15, -0.1) is 0 Å². The minimum Gasteiger partial charge on any atom is -0.507 e. The van der Waals surface area contributed by atoms with Crippen molar-refractivity contribution >= 4 is 29.1 Å². The molecule has 1 saturated heterocycles. The number of ether oxygens (including phenoxy) is 2. The average Bonchev–Trinajstić information content (AvgIpc) is 3.15. The van der Waals surface area contributed by atoms with E-state index in [0.29, 0.717) is 29.2 Å². The minimum absolute atomic E-state index is 0.0112. The van der Waals surface area contributed by atoms with Gasteiger partial charge < -0.3 is 14.6 Å². The van der Waals surface area contributed by atoms with Gasteiger partial charge >= 0.3 is 5.97 Å². The number of amides is 1. The first-order valence-corrected chi connectivity index (χ1v) is 11.6. The first kappa shape index (κ1) is 24.7. The SMILES string of the molecule is CCOc1ccc(/C(O)=C2/C(=O)C(=O)N(c3ccc(CC(=O)OC)cc3)C2c2ccccc2C)cc1. The smallest absolute Gasteiger partial charge is 0.309 e. The molecule has 1 N–H and O–H groups in total. The number of benzene rings is 3. The second kappa shape index (κ2) is 10.5. The lowest BCUT2D eigenvalue weighted by atomic mass is 9.92. The third-order valence-electron chi connectivity index (χ3n) is 6.16. The molecule has 4 rings (SSSR count). The number of aryl methyl sites for hydroxylation is 1.